The quantitative estimate of drug-likeness (QED) is 0.466. The number of hydrogen-bond donors (Lipinski definition) is 1. The van der Waals surface area contributed by atoms with Crippen molar-refractivity contribution in [3.8, 4) is 0 Å². The highest BCUT2D eigenvalue weighted by atomic mass is 79.9. The van der Waals surface area contributed by atoms with Gasteiger partial charge in [0.2, 0.25) is 0 Å². The van der Waals surface area contributed by atoms with Crippen LogP contribution < -0.4 is 4.90 Å². The third-order valence-electron chi connectivity index (χ3n) is 5.26. The predicted octanol–water partition coefficient (Wildman–Crippen LogP) is 5.94. The van der Waals surface area contributed by atoms with E-state index < -0.39 is 23.5 Å². The molecule has 0 saturated heterocycles. The van der Waals surface area contributed by atoms with Crippen molar-refractivity contribution in [3.63, 3.8) is 0 Å². The molecule has 0 fully saturated rings. The van der Waals surface area contributed by atoms with Gasteiger partial charge in [-0.2, -0.15) is 0 Å². The lowest BCUT2D eigenvalue weighted by Gasteiger charge is -2.28. The molecule has 4 rings (SSSR count). The number of nitrogens with zero attached hydrogens (tertiary/aromatic N) is 1. The van der Waals surface area contributed by atoms with E-state index in [1.54, 1.807) is 6.08 Å². The largest absolute Gasteiger partial charge is 0.503 e. The minimum Gasteiger partial charge on any atom is -0.503 e. The summed E-state index contributed by atoms with van der Waals surface area (Å²) in [5, 5.41) is 10.8. The number of ketones is 1. The number of carbonyl (C=O) groups is 2. The number of aliphatic hydroxyl groups excluding tert-OH is 1. The standard InChI is InChI=1S/C26H20BrNO3/c1-17-7-5-6-10-21(17)28-24(19-12-14-20(27)15-13-19)23(25(30)26(28)31)22(29)16-11-18-8-3-2-4-9-18/h2-16,24,30H,1H3/b16-11+. The minimum atomic E-state index is -0.727. The van der Waals surface area contributed by atoms with Gasteiger partial charge in [0.05, 0.1) is 11.6 Å². The molecule has 1 unspecified atom stereocenters. The first-order valence-electron chi connectivity index (χ1n) is 9.82. The number of rotatable bonds is 5. The van der Waals surface area contributed by atoms with Crippen LogP contribution in [0.5, 0.6) is 0 Å². The van der Waals surface area contributed by atoms with Gasteiger partial charge < -0.3 is 5.11 Å². The minimum absolute atomic E-state index is 0.0720. The van der Waals surface area contributed by atoms with Crippen LogP contribution in [0.15, 0.2) is 101 Å². The summed E-state index contributed by atoms with van der Waals surface area (Å²) in [6.45, 7) is 1.90. The van der Waals surface area contributed by atoms with Gasteiger partial charge in [0, 0.05) is 10.2 Å². The second-order valence-corrected chi connectivity index (χ2v) is 8.20. The Morgan fingerprint density at radius 2 is 1.61 bits per heavy atom. The number of aryl methyl sites for hydroxylation is 1. The van der Waals surface area contributed by atoms with Gasteiger partial charge in [-0.3, -0.25) is 14.5 Å². The topological polar surface area (TPSA) is 57.6 Å². The summed E-state index contributed by atoms with van der Waals surface area (Å²) in [6, 6.07) is 23.5. The molecule has 1 heterocycles. The summed E-state index contributed by atoms with van der Waals surface area (Å²) in [6.07, 6.45) is 3.09. The molecule has 0 radical (unpaired) electrons. The molecule has 1 aliphatic heterocycles. The molecule has 0 saturated carbocycles. The van der Waals surface area contributed by atoms with E-state index >= 15 is 0 Å². The van der Waals surface area contributed by atoms with Gasteiger partial charge in [-0.25, -0.2) is 0 Å². The van der Waals surface area contributed by atoms with Gasteiger partial charge in [-0.15, -0.1) is 0 Å². The number of amides is 1. The van der Waals surface area contributed by atoms with E-state index in [1.165, 1.54) is 11.0 Å². The van der Waals surface area contributed by atoms with Crippen LogP contribution in [0.25, 0.3) is 6.08 Å². The first-order valence-corrected chi connectivity index (χ1v) is 10.6. The summed E-state index contributed by atoms with van der Waals surface area (Å²) in [4.78, 5) is 27.8. The summed E-state index contributed by atoms with van der Waals surface area (Å²) < 4.78 is 0.882. The Morgan fingerprint density at radius 1 is 0.968 bits per heavy atom. The van der Waals surface area contributed by atoms with E-state index in [1.807, 2.05) is 85.8 Å². The van der Waals surface area contributed by atoms with E-state index in [0.717, 1.165) is 21.2 Å². The Kier molecular flexibility index (Phi) is 5.87. The Bertz CT molecular complexity index is 1200. The van der Waals surface area contributed by atoms with Crippen molar-refractivity contribution in [2.24, 2.45) is 0 Å². The van der Waals surface area contributed by atoms with Crippen molar-refractivity contribution < 1.29 is 14.7 Å². The smallest absolute Gasteiger partial charge is 0.294 e. The Hall–Kier alpha value is -3.44. The normalized spacial score (nSPS) is 16.4. The van der Waals surface area contributed by atoms with Crippen LogP contribution in [0.3, 0.4) is 0 Å². The average molecular weight is 474 g/mol. The molecule has 0 bridgehead atoms. The lowest BCUT2D eigenvalue weighted by atomic mass is 9.95. The summed E-state index contributed by atoms with van der Waals surface area (Å²) in [7, 11) is 0. The van der Waals surface area contributed by atoms with Gasteiger partial charge in [-0.1, -0.05) is 82.7 Å². The number of benzene rings is 3. The van der Waals surface area contributed by atoms with E-state index in [9.17, 15) is 14.7 Å². The zero-order chi connectivity index (χ0) is 22.0. The van der Waals surface area contributed by atoms with E-state index in [0.29, 0.717) is 5.69 Å². The molecule has 0 aliphatic carbocycles. The van der Waals surface area contributed by atoms with Crippen LogP contribution in [-0.4, -0.2) is 16.8 Å². The molecule has 154 valence electrons. The molecule has 0 aromatic heterocycles. The fraction of sp³-hybridized carbons (Fsp3) is 0.0769. The number of halogens is 1. The highest BCUT2D eigenvalue weighted by Gasteiger charge is 2.44. The van der Waals surface area contributed by atoms with Crippen LogP contribution in [0.2, 0.25) is 0 Å². The maximum Gasteiger partial charge on any atom is 0.294 e. The van der Waals surface area contributed by atoms with Crippen molar-refractivity contribution >= 4 is 39.4 Å². The van der Waals surface area contributed by atoms with Gasteiger partial charge in [0.25, 0.3) is 5.91 Å². The van der Waals surface area contributed by atoms with Crippen LogP contribution in [0.4, 0.5) is 5.69 Å². The maximum atomic E-state index is 13.2. The van der Waals surface area contributed by atoms with Crippen molar-refractivity contribution in [1.82, 2.24) is 0 Å². The molecule has 31 heavy (non-hydrogen) atoms. The number of para-hydroxylation sites is 1. The van der Waals surface area contributed by atoms with Crippen molar-refractivity contribution in [3.05, 3.63) is 117 Å². The summed E-state index contributed by atoms with van der Waals surface area (Å²) >= 11 is 3.42. The SMILES string of the molecule is Cc1ccccc1N1C(=O)C(O)=C(C(=O)/C=C/c2ccccc2)C1c1ccc(Br)cc1. The van der Waals surface area contributed by atoms with Crippen molar-refractivity contribution in [2.75, 3.05) is 4.90 Å². The number of aliphatic hydroxyl groups is 1. The van der Waals surface area contributed by atoms with Crippen LogP contribution in [0, 0.1) is 6.92 Å². The second kappa shape index (κ2) is 8.74. The zero-order valence-electron chi connectivity index (χ0n) is 16.8. The second-order valence-electron chi connectivity index (χ2n) is 7.29. The van der Waals surface area contributed by atoms with E-state index in [2.05, 4.69) is 15.9 Å². The van der Waals surface area contributed by atoms with Crippen LogP contribution in [-0.2, 0) is 9.59 Å². The lowest BCUT2D eigenvalue weighted by molar-refractivity contribution is -0.117. The molecule has 1 N–H and O–H groups in total. The first-order chi connectivity index (χ1) is 15.0. The third-order valence-corrected chi connectivity index (χ3v) is 5.79. The molecule has 1 aliphatic rings. The Balaban J connectivity index is 1.81. The van der Waals surface area contributed by atoms with Crippen LogP contribution >= 0.6 is 15.9 Å². The Morgan fingerprint density at radius 3 is 2.29 bits per heavy atom. The number of carbonyl (C=O) groups excluding carboxylic acids is 2. The first kappa shape index (κ1) is 20.8. The molecule has 0 spiro atoms. The number of anilines is 1. The average Bonchev–Trinajstić information content (AvgIpc) is 3.04. The monoisotopic (exact) mass is 473 g/mol. The maximum absolute atomic E-state index is 13.2. The Labute approximate surface area is 189 Å². The lowest BCUT2D eigenvalue weighted by Crippen LogP contribution is -2.31. The van der Waals surface area contributed by atoms with Gasteiger partial charge in [-0.05, 0) is 47.9 Å². The number of hydrogen-bond acceptors (Lipinski definition) is 3. The molecule has 4 nitrogen and oxygen atoms in total. The van der Waals surface area contributed by atoms with Gasteiger partial charge >= 0.3 is 0 Å². The van der Waals surface area contributed by atoms with Crippen molar-refractivity contribution in [1.29, 1.82) is 0 Å². The molecule has 3 aromatic rings. The fourth-order valence-corrected chi connectivity index (χ4v) is 3.99. The molecular weight excluding hydrogens is 454 g/mol. The van der Waals surface area contributed by atoms with E-state index in [-0.39, 0.29) is 5.57 Å². The fourth-order valence-electron chi connectivity index (χ4n) is 3.73. The highest BCUT2D eigenvalue weighted by Crippen LogP contribution is 2.42. The van der Waals surface area contributed by atoms with E-state index in [4.69, 9.17) is 0 Å². The van der Waals surface area contributed by atoms with Gasteiger partial charge in [0.15, 0.2) is 11.5 Å². The summed E-state index contributed by atoms with van der Waals surface area (Å²) in [5.41, 5.74) is 3.19. The van der Waals surface area contributed by atoms with Gasteiger partial charge in [0.1, 0.15) is 0 Å². The molecule has 1 atom stereocenters. The summed E-state index contributed by atoms with van der Waals surface area (Å²) in [5.74, 6) is -1.50. The molecular formula is C26H20BrNO3. The molecule has 3 aromatic carbocycles. The highest BCUT2D eigenvalue weighted by molar-refractivity contribution is 9.10. The number of allylic oxidation sites excluding steroid dienone is 1. The molecule has 1 amide bonds. The zero-order valence-corrected chi connectivity index (χ0v) is 18.4. The third kappa shape index (κ3) is 4.09. The molecule has 5 heteroatoms. The van der Waals surface area contributed by atoms with Crippen molar-refractivity contribution in [2.45, 2.75) is 13.0 Å². The van der Waals surface area contributed by atoms with Crippen LogP contribution in [0.1, 0.15) is 22.7 Å². The predicted molar refractivity (Wildman–Crippen MR) is 126 cm³/mol.